The van der Waals surface area contributed by atoms with Crippen LogP contribution in [0.25, 0.3) is 10.8 Å². The molecule has 3 aromatic carbocycles. The number of fused-ring (bicyclic) bond motifs is 1. The van der Waals surface area contributed by atoms with Gasteiger partial charge in [0, 0.05) is 83.8 Å². The maximum Gasteiger partial charge on any atom is 0.328 e. The van der Waals surface area contributed by atoms with Gasteiger partial charge in [-0.15, -0.1) is 0 Å². The first kappa shape index (κ1) is 31.4. The van der Waals surface area contributed by atoms with E-state index in [9.17, 15) is 14.4 Å². The summed E-state index contributed by atoms with van der Waals surface area (Å²) in [6, 6.07) is 18.1. The number of carbonyl (C=O) groups excluding carboxylic acids is 3. The number of urea groups is 1. The fourth-order valence-corrected chi connectivity index (χ4v) is 8.33. The number of hydrogen-bond donors (Lipinski definition) is 1. The van der Waals surface area contributed by atoms with Crippen molar-refractivity contribution in [3.8, 4) is 5.75 Å². The number of methoxy groups -OCH3 is 1. The third-order valence-electron chi connectivity index (χ3n) is 10.4. The van der Waals surface area contributed by atoms with Crippen molar-refractivity contribution in [3.05, 3.63) is 65.7 Å². The molecule has 4 aliphatic heterocycles. The molecule has 0 aromatic heterocycles. The Morgan fingerprint density at radius 2 is 1.79 bits per heavy atom. The molecule has 1 spiro atoms. The molecular weight excluding hydrogens is 596 g/mol. The summed E-state index contributed by atoms with van der Waals surface area (Å²) in [5.41, 5.74) is 2.91. The summed E-state index contributed by atoms with van der Waals surface area (Å²) in [7, 11) is 5.67. The molecule has 7 rings (SSSR count). The number of ether oxygens (including phenoxy) is 2. The first-order chi connectivity index (χ1) is 22.7. The standard InChI is InChI=1S/C36H44N6O5/c1-24(43)37-30-19-25(9-12-33(30)46-4)21-40-22-26-20-32(29-10-11-31(38(2)3)28-8-6-5-7-27(28)29)42-35(45)41(34(44)36(26,42)23-40)14-13-39-15-17-47-18-16-39/h5-12,19,26,32H,13-18,20-23H2,1-4H3,(H,37,43)/t26-,32-,36+/m1/s1. The minimum Gasteiger partial charge on any atom is -0.495 e. The quantitative estimate of drug-likeness (QED) is 0.353. The van der Waals surface area contributed by atoms with Gasteiger partial charge >= 0.3 is 6.03 Å². The third-order valence-corrected chi connectivity index (χ3v) is 10.4. The van der Waals surface area contributed by atoms with Gasteiger partial charge in [0.2, 0.25) is 5.91 Å². The number of anilines is 2. The molecule has 0 unspecified atom stereocenters. The Kier molecular flexibility index (Phi) is 8.32. The lowest BCUT2D eigenvalue weighted by Crippen LogP contribution is -2.51. The van der Waals surface area contributed by atoms with E-state index in [1.165, 1.54) is 11.8 Å². The normalized spacial score (nSPS) is 24.6. The van der Waals surface area contributed by atoms with Gasteiger partial charge in [-0.2, -0.15) is 0 Å². The van der Waals surface area contributed by atoms with Crippen molar-refractivity contribution in [2.45, 2.75) is 31.5 Å². The lowest BCUT2D eigenvalue weighted by atomic mass is 9.87. The average molecular weight is 641 g/mol. The van der Waals surface area contributed by atoms with Crippen molar-refractivity contribution in [1.29, 1.82) is 0 Å². The minimum absolute atomic E-state index is 0.0160. The Morgan fingerprint density at radius 1 is 1.02 bits per heavy atom. The molecule has 0 radical (unpaired) electrons. The molecule has 248 valence electrons. The van der Waals surface area contributed by atoms with Crippen LogP contribution in [0.2, 0.25) is 0 Å². The molecule has 3 aromatic rings. The molecule has 4 fully saturated rings. The van der Waals surface area contributed by atoms with E-state index in [1.54, 1.807) is 7.11 Å². The number of likely N-dealkylation sites (tertiary alicyclic amines) is 1. The molecule has 0 bridgehead atoms. The summed E-state index contributed by atoms with van der Waals surface area (Å²) in [5.74, 6) is 0.330. The number of hydrogen-bond acceptors (Lipinski definition) is 8. The fraction of sp³-hybridized carbons (Fsp3) is 0.472. The number of imide groups is 1. The fourth-order valence-electron chi connectivity index (χ4n) is 8.33. The predicted octanol–water partition coefficient (Wildman–Crippen LogP) is 3.78. The predicted molar refractivity (Wildman–Crippen MR) is 181 cm³/mol. The second-order valence-corrected chi connectivity index (χ2v) is 13.4. The monoisotopic (exact) mass is 640 g/mol. The van der Waals surface area contributed by atoms with Crippen molar-refractivity contribution >= 4 is 40.0 Å². The lowest BCUT2D eigenvalue weighted by Gasteiger charge is -2.33. The zero-order valence-electron chi connectivity index (χ0n) is 27.7. The van der Waals surface area contributed by atoms with E-state index in [-0.39, 0.29) is 29.8 Å². The first-order valence-corrected chi connectivity index (χ1v) is 16.5. The number of amides is 4. The molecule has 1 N–H and O–H groups in total. The Hall–Kier alpha value is -4.19. The number of benzene rings is 3. The molecule has 4 amide bonds. The van der Waals surface area contributed by atoms with E-state index in [4.69, 9.17) is 9.47 Å². The van der Waals surface area contributed by atoms with Gasteiger partial charge in [0.05, 0.1) is 32.1 Å². The van der Waals surface area contributed by atoms with E-state index in [0.717, 1.165) is 47.1 Å². The van der Waals surface area contributed by atoms with Crippen LogP contribution in [0.15, 0.2) is 54.6 Å². The topological polar surface area (TPSA) is 97.9 Å². The highest BCUT2D eigenvalue weighted by Gasteiger charge is 2.70. The van der Waals surface area contributed by atoms with Gasteiger partial charge in [-0.1, -0.05) is 36.4 Å². The van der Waals surface area contributed by atoms with Crippen LogP contribution < -0.4 is 15.0 Å². The van der Waals surface area contributed by atoms with Crippen molar-refractivity contribution in [2.24, 2.45) is 5.92 Å². The summed E-state index contributed by atoms with van der Waals surface area (Å²) in [5, 5.41) is 5.12. The summed E-state index contributed by atoms with van der Waals surface area (Å²) in [4.78, 5) is 51.1. The van der Waals surface area contributed by atoms with Crippen molar-refractivity contribution in [3.63, 3.8) is 0 Å². The highest BCUT2D eigenvalue weighted by Crippen LogP contribution is 2.56. The van der Waals surface area contributed by atoms with Crippen LogP contribution >= 0.6 is 0 Å². The van der Waals surface area contributed by atoms with E-state index >= 15 is 0 Å². The zero-order valence-corrected chi connectivity index (χ0v) is 27.7. The highest BCUT2D eigenvalue weighted by molar-refractivity contribution is 6.09. The van der Waals surface area contributed by atoms with Crippen LogP contribution in [-0.4, -0.2) is 117 Å². The Bertz CT molecular complexity index is 1710. The van der Waals surface area contributed by atoms with Crippen LogP contribution in [0.1, 0.15) is 30.5 Å². The van der Waals surface area contributed by atoms with E-state index in [0.29, 0.717) is 57.4 Å². The van der Waals surface area contributed by atoms with E-state index in [2.05, 4.69) is 50.3 Å². The Morgan fingerprint density at radius 3 is 2.51 bits per heavy atom. The number of rotatable bonds is 9. The van der Waals surface area contributed by atoms with Crippen LogP contribution in [0.4, 0.5) is 16.2 Å². The highest BCUT2D eigenvalue weighted by atomic mass is 16.5. The van der Waals surface area contributed by atoms with Crippen LogP contribution in [-0.2, 0) is 20.9 Å². The second kappa shape index (κ2) is 12.4. The second-order valence-electron chi connectivity index (χ2n) is 13.4. The molecule has 0 saturated carbocycles. The van der Waals surface area contributed by atoms with Gasteiger partial charge in [-0.25, -0.2) is 4.79 Å². The molecule has 47 heavy (non-hydrogen) atoms. The number of nitrogens with one attached hydrogen (secondary N) is 1. The Balaban J connectivity index is 1.22. The van der Waals surface area contributed by atoms with Crippen molar-refractivity contribution in [1.82, 2.24) is 19.6 Å². The summed E-state index contributed by atoms with van der Waals surface area (Å²) >= 11 is 0. The zero-order chi connectivity index (χ0) is 32.9. The molecule has 3 atom stereocenters. The van der Waals surface area contributed by atoms with Gasteiger partial charge in [0.15, 0.2) is 0 Å². The van der Waals surface area contributed by atoms with Gasteiger partial charge in [-0.05, 0) is 41.1 Å². The number of morpholine rings is 1. The van der Waals surface area contributed by atoms with Gasteiger partial charge in [0.25, 0.3) is 5.91 Å². The molecule has 0 aliphatic carbocycles. The van der Waals surface area contributed by atoms with E-state index in [1.807, 2.05) is 43.3 Å². The van der Waals surface area contributed by atoms with Crippen LogP contribution in [0.5, 0.6) is 5.75 Å². The van der Waals surface area contributed by atoms with Crippen LogP contribution in [0.3, 0.4) is 0 Å². The SMILES string of the molecule is COc1ccc(CN2C[C@H]3C[C@H](c4ccc(N(C)C)c5ccccc45)N4C(=O)N(CCN5CCOCC5)C(=O)[C@]34C2)cc1NC(C)=O. The van der Waals surface area contributed by atoms with Gasteiger partial charge in [-0.3, -0.25) is 24.3 Å². The minimum atomic E-state index is -0.930. The summed E-state index contributed by atoms with van der Waals surface area (Å²) in [6.45, 7) is 7.17. The maximum absolute atomic E-state index is 14.6. The average Bonchev–Trinajstić information content (AvgIpc) is 3.63. The third kappa shape index (κ3) is 5.40. The lowest BCUT2D eigenvalue weighted by molar-refractivity contribution is -0.133. The van der Waals surface area contributed by atoms with Gasteiger partial charge < -0.3 is 24.6 Å². The smallest absolute Gasteiger partial charge is 0.328 e. The summed E-state index contributed by atoms with van der Waals surface area (Å²) in [6.07, 6.45) is 0.719. The molecular formula is C36H44N6O5. The van der Waals surface area contributed by atoms with Gasteiger partial charge in [0.1, 0.15) is 11.3 Å². The summed E-state index contributed by atoms with van der Waals surface area (Å²) < 4.78 is 11.0. The molecule has 11 heteroatoms. The number of carbonyl (C=O) groups is 3. The molecule has 4 aliphatic rings. The molecule has 4 saturated heterocycles. The number of nitrogens with zero attached hydrogens (tertiary/aromatic N) is 5. The molecule has 11 nitrogen and oxygen atoms in total. The van der Waals surface area contributed by atoms with Crippen LogP contribution in [0, 0.1) is 5.92 Å². The maximum atomic E-state index is 14.6. The van der Waals surface area contributed by atoms with Crippen molar-refractivity contribution < 1.29 is 23.9 Å². The van der Waals surface area contributed by atoms with Crippen molar-refractivity contribution in [2.75, 3.05) is 83.9 Å². The molecule has 4 heterocycles. The van der Waals surface area contributed by atoms with E-state index < -0.39 is 5.54 Å². The Labute approximate surface area is 276 Å². The largest absolute Gasteiger partial charge is 0.495 e. The first-order valence-electron chi connectivity index (χ1n) is 16.5.